The maximum Gasteiger partial charge on any atom is 0.138 e. The first-order valence-corrected chi connectivity index (χ1v) is 12.3. The Labute approximate surface area is 179 Å². The number of fused-ring (bicyclic) bond motifs is 1. The normalized spacial score (nSPS) is 10.6. The van der Waals surface area contributed by atoms with E-state index in [2.05, 4.69) is 45.5 Å². The Morgan fingerprint density at radius 1 is 0.857 bits per heavy atom. The van der Waals surface area contributed by atoms with Gasteiger partial charge in [0, 0.05) is 4.88 Å². The summed E-state index contributed by atoms with van der Waals surface area (Å²) in [7, 11) is 0. The van der Waals surface area contributed by atoms with Gasteiger partial charge >= 0.3 is 0 Å². The molecule has 0 atom stereocenters. The minimum atomic E-state index is 0.848. The average Bonchev–Trinajstić information content (AvgIpc) is 3.48. The Balaban J connectivity index is 0.000000206. The van der Waals surface area contributed by atoms with Gasteiger partial charge in [-0.3, -0.25) is 0 Å². The molecule has 0 fully saturated rings. The molecule has 0 saturated heterocycles. The van der Waals surface area contributed by atoms with Crippen LogP contribution in [0.25, 0.3) is 20.0 Å². The highest BCUT2D eigenvalue weighted by molar-refractivity contribution is 7.20. The molecule has 3 nitrogen and oxygen atoms in total. The van der Waals surface area contributed by atoms with Gasteiger partial charge < -0.3 is 4.74 Å². The zero-order valence-electron chi connectivity index (χ0n) is 16.2. The monoisotopic (exact) mass is 430 g/mol. The van der Waals surface area contributed by atoms with Crippen LogP contribution >= 0.6 is 34.2 Å². The summed E-state index contributed by atoms with van der Waals surface area (Å²) in [5, 5.41) is 8.12. The van der Waals surface area contributed by atoms with Gasteiger partial charge in [-0.1, -0.05) is 61.7 Å². The third kappa shape index (κ3) is 6.40. The number of aromatic nitrogens is 2. The smallest absolute Gasteiger partial charge is 0.138 e. The molecule has 0 saturated carbocycles. The summed E-state index contributed by atoms with van der Waals surface area (Å²) in [6.07, 6.45) is 7.86. The molecule has 0 spiro atoms. The van der Waals surface area contributed by atoms with Gasteiger partial charge in [0.25, 0.3) is 0 Å². The van der Waals surface area contributed by atoms with E-state index in [4.69, 9.17) is 4.74 Å². The van der Waals surface area contributed by atoms with Crippen molar-refractivity contribution in [2.45, 2.75) is 45.4 Å². The SMILES string of the molecule is CCCCCCCCOc1ccsc1-c1cccs1.c1ccc2snnc2c1. The molecule has 0 aliphatic rings. The zero-order valence-corrected chi connectivity index (χ0v) is 18.6. The van der Waals surface area contributed by atoms with Crippen molar-refractivity contribution in [3.63, 3.8) is 0 Å². The van der Waals surface area contributed by atoms with Gasteiger partial charge in [-0.15, -0.1) is 27.8 Å². The number of nitrogens with zero attached hydrogens (tertiary/aromatic N) is 2. The van der Waals surface area contributed by atoms with Crippen LogP contribution in [-0.2, 0) is 0 Å². The summed E-state index contributed by atoms with van der Waals surface area (Å²) in [5.41, 5.74) is 0.988. The van der Waals surface area contributed by atoms with Crippen molar-refractivity contribution >= 4 is 44.4 Å². The molecule has 0 radical (unpaired) electrons. The van der Waals surface area contributed by atoms with Gasteiger partial charge in [0.15, 0.2) is 0 Å². The molecule has 3 heterocycles. The van der Waals surface area contributed by atoms with Crippen LogP contribution < -0.4 is 4.74 Å². The zero-order chi connectivity index (χ0) is 19.4. The van der Waals surface area contributed by atoms with E-state index < -0.39 is 0 Å². The van der Waals surface area contributed by atoms with Crippen molar-refractivity contribution in [3.8, 4) is 15.5 Å². The average molecular weight is 431 g/mol. The molecular weight excluding hydrogens is 404 g/mol. The molecule has 1 aromatic carbocycles. The van der Waals surface area contributed by atoms with E-state index in [-0.39, 0.29) is 0 Å². The van der Waals surface area contributed by atoms with Crippen LogP contribution in [0.2, 0.25) is 0 Å². The lowest BCUT2D eigenvalue weighted by Gasteiger charge is -2.06. The fourth-order valence-corrected chi connectivity index (χ4v) is 5.06. The Kier molecular flexibility index (Phi) is 8.94. The first-order chi connectivity index (χ1) is 13.9. The van der Waals surface area contributed by atoms with Crippen molar-refractivity contribution in [3.05, 3.63) is 53.2 Å². The fraction of sp³-hybridized carbons (Fsp3) is 0.364. The van der Waals surface area contributed by atoms with E-state index >= 15 is 0 Å². The molecule has 148 valence electrons. The largest absolute Gasteiger partial charge is 0.492 e. The van der Waals surface area contributed by atoms with Crippen LogP contribution in [0.15, 0.2) is 53.2 Å². The standard InChI is InChI=1S/C16H22OS2.C6H4N2S/c1-2-3-4-5-6-7-11-17-14-10-13-19-16(14)15-9-8-12-18-15;1-2-4-6-5(3-1)7-8-9-6/h8-10,12-13H,2-7,11H2,1H3;1-4H. The number of rotatable bonds is 9. The Morgan fingerprint density at radius 2 is 1.71 bits per heavy atom. The van der Waals surface area contributed by atoms with Crippen molar-refractivity contribution in [2.24, 2.45) is 0 Å². The summed E-state index contributed by atoms with van der Waals surface area (Å²) >= 11 is 4.97. The lowest BCUT2D eigenvalue weighted by Crippen LogP contribution is -1.97. The minimum absolute atomic E-state index is 0.848. The van der Waals surface area contributed by atoms with Crippen molar-refractivity contribution < 1.29 is 4.74 Å². The molecule has 4 rings (SSSR count). The molecule has 4 aromatic rings. The Bertz CT molecular complexity index is 885. The van der Waals surface area contributed by atoms with E-state index in [1.807, 2.05) is 24.3 Å². The van der Waals surface area contributed by atoms with E-state index in [0.29, 0.717) is 0 Å². The third-order valence-electron chi connectivity index (χ3n) is 4.28. The van der Waals surface area contributed by atoms with Crippen LogP contribution in [0.5, 0.6) is 5.75 Å². The van der Waals surface area contributed by atoms with E-state index in [1.165, 1.54) is 59.8 Å². The van der Waals surface area contributed by atoms with Crippen molar-refractivity contribution in [1.82, 2.24) is 9.59 Å². The van der Waals surface area contributed by atoms with Crippen LogP contribution in [0, 0.1) is 0 Å². The second-order valence-corrected chi connectivity index (χ2v) is 9.10. The number of ether oxygens (including phenoxy) is 1. The van der Waals surface area contributed by atoms with Gasteiger partial charge in [-0.05, 0) is 53.0 Å². The summed E-state index contributed by atoms with van der Waals surface area (Å²) in [6.45, 7) is 3.10. The molecule has 0 unspecified atom stereocenters. The molecular formula is C22H26N2OS3. The van der Waals surface area contributed by atoms with Crippen LogP contribution in [0.3, 0.4) is 0 Å². The molecule has 0 bridgehead atoms. The molecule has 3 aromatic heterocycles. The first-order valence-electron chi connectivity index (χ1n) is 9.79. The second-order valence-electron chi connectivity index (χ2n) is 6.45. The van der Waals surface area contributed by atoms with E-state index in [9.17, 15) is 0 Å². The maximum atomic E-state index is 5.92. The number of benzene rings is 1. The summed E-state index contributed by atoms with van der Waals surface area (Å²) in [6, 6.07) is 14.3. The lowest BCUT2D eigenvalue weighted by molar-refractivity contribution is 0.306. The number of unbranched alkanes of at least 4 members (excludes halogenated alkanes) is 5. The quantitative estimate of drug-likeness (QED) is 0.253. The van der Waals surface area contributed by atoms with Gasteiger partial charge in [-0.2, -0.15) is 0 Å². The Hall–Kier alpha value is -1.76. The van der Waals surface area contributed by atoms with E-state index in [1.54, 1.807) is 22.7 Å². The predicted octanol–water partition coefficient (Wildman–Crippen LogP) is 7.91. The first kappa shape index (κ1) is 21.0. The van der Waals surface area contributed by atoms with Gasteiger partial charge in [-0.25, -0.2) is 0 Å². The number of thiophene rings is 2. The van der Waals surface area contributed by atoms with Gasteiger partial charge in [0.2, 0.25) is 0 Å². The predicted molar refractivity (Wildman–Crippen MR) is 124 cm³/mol. The summed E-state index contributed by atoms with van der Waals surface area (Å²) < 4.78 is 10.9. The highest BCUT2D eigenvalue weighted by Crippen LogP contribution is 2.38. The topological polar surface area (TPSA) is 35.0 Å². The van der Waals surface area contributed by atoms with Gasteiger partial charge in [0.1, 0.15) is 11.3 Å². The van der Waals surface area contributed by atoms with Crippen molar-refractivity contribution in [2.75, 3.05) is 6.61 Å². The van der Waals surface area contributed by atoms with E-state index in [0.717, 1.165) is 22.6 Å². The van der Waals surface area contributed by atoms with Crippen LogP contribution in [0.4, 0.5) is 0 Å². The summed E-state index contributed by atoms with van der Waals surface area (Å²) in [5.74, 6) is 1.06. The highest BCUT2D eigenvalue weighted by Gasteiger charge is 2.08. The molecule has 0 aliphatic carbocycles. The highest BCUT2D eigenvalue weighted by atomic mass is 32.1. The van der Waals surface area contributed by atoms with Crippen LogP contribution in [0.1, 0.15) is 45.4 Å². The van der Waals surface area contributed by atoms with Crippen molar-refractivity contribution in [1.29, 1.82) is 0 Å². The lowest BCUT2D eigenvalue weighted by atomic mass is 10.1. The number of hydrogen-bond acceptors (Lipinski definition) is 6. The third-order valence-corrected chi connectivity index (χ3v) is 6.93. The summed E-state index contributed by atoms with van der Waals surface area (Å²) in [4.78, 5) is 2.59. The maximum absolute atomic E-state index is 5.92. The molecule has 0 aliphatic heterocycles. The molecule has 0 amide bonds. The molecule has 0 N–H and O–H groups in total. The molecule has 28 heavy (non-hydrogen) atoms. The molecule has 6 heteroatoms. The van der Waals surface area contributed by atoms with Gasteiger partial charge in [0.05, 0.1) is 16.2 Å². The fourth-order valence-electron chi connectivity index (χ4n) is 2.79. The van der Waals surface area contributed by atoms with Crippen LogP contribution in [-0.4, -0.2) is 16.2 Å². The minimum Gasteiger partial charge on any atom is -0.492 e. The number of hydrogen-bond donors (Lipinski definition) is 0. The Morgan fingerprint density at radius 3 is 2.54 bits per heavy atom. The second kappa shape index (κ2) is 11.9.